The zero-order valence-corrected chi connectivity index (χ0v) is 59.0. The molecule has 0 aliphatic heterocycles. The zero-order chi connectivity index (χ0) is 57.4. The SMILES string of the molecule is CCC[Si](OC)(OC)OC.CCC[Si](OCC)(OCC)OCC.CCO[Si](CCCCl)(OCC)OCC.CCO[Si](CCCS)(OCC)OCC.CO[Si](CCCCl)(OC)OC.CO[Si](CCCS)(OC)OC. The van der Waals surface area contributed by atoms with Crippen LogP contribution in [0.5, 0.6) is 0 Å². The Bertz CT molecular complexity index is 940. The van der Waals surface area contributed by atoms with Gasteiger partial charge in [-0.1, -0.05) is 26.7 Å². The average molecular weight is 1240 g/mol. The number of thiol groups is 2. The molecule has 450 valence electrons. The molecular formula is C45H112Cl2O18S2Si6. The van der Waals surface area contributed by atoms with Crippen molar-refractivity contribution >= 4 is 101 Å². The third-order valence-electron chi connectivity index (χ3n) is 9.71. The molecule has 0 rings (SSSR count). The van der Waals surface area contributed by atoms with Gasteiger partial charge >= 0.3 is 52.8 Å². The normalized spacial score (nSPS) is 12.0. The first-order valence-electron chi connectivity index (χ1n) is 26.0. The molecule has 0 saturated carbocycles. The van der Waals surface area contributed by atoms with Gasteiger partial charge in [0.15, 0.2) is 0 Å². The third-order valence-corrected chi connectivity index (χ3v) is 29.1. The van der Waals surface area contributed by atoms with Gasteiger partial charge in [-0.05, 0) is 99.5 Å². The lowest BCUT2D eigenvalue weighted by Gasteiger charge is -2.28. The van der Waals surface area contributed by atoms with Crippen LogP contribution in [-0.2, 0) is 79.7 Å². The van der Waals surface area contributed by atoms with Crippen molar-refractivity contribution in [1.82, 2.24) is 0 Å². The third kappa shape index (κ3) is 44.2. The number of alkyl halides is 2. The lowest BCUT2D eigenvalue weighted by atomic mass is 10.6. The summed E-state index contributed by atoms with van der Waals surface area (Å²) in [5.74, 6) is 2.93. The maximum atomic E-state index is 5.67. The second kappa shape index (κ2) is 60.0. The van der Waals surface area contributed by atoms with Crippen LogP contribution in [0, 0.1) is 0 Å². The molecule has 0 atom stereocenters. The monoisotopic (exact) mass is 1240 g/mol. The highest BCUT2D eigenvalue weighted by atomic mass is 35.5. The Kier molecular flexibility index (Phi) is 70.8. The maximum Gasteiger partial charge on any atom is 0.500 e. The average Bonchev–Trinajstić information content (AvgIpc) is 3.40. The Hall–Kier alpha value is 1.86. The standard InChI is InChI=1S/C9H21ClO3Si.C9H22O3SSi.C9H22O3Si.C6H15ClO3Si.C6H16O3SSi.C6H16O3Si/c1-4-11-14(12-5-2,13-6-3)9-7-8-10;1-4-10-14(11-5-2,12-6-3)9-7-8-13;1-5-9-13(10-6-2,11-7-3)12-8-4;1-8-11(9-2,10-3)6-4-5-7;1-7-11(8-2,9-3)6-4-5-10;1-5-6-10(7-2,8-3)9-4/h4-9H2,1-3H3;13H,4-9H2,1-3H3;5-9H2,1-4H3;4-6H2,1-3H3;10H,4-6H2,1-3H3;5-6H2,1-4H3. The number of hydrogen-bond acceptors (Lipinski definition) is 20. The van der Waals surface area contributed by atoms with Gasteiger partial charge in [0, 0.05) is 171 Å². The van der Waals surface area contributed by atoms with E-state index in [4.69, 9.17) is 103 Å². The molecule has 0 fully saturated rings. The van der Waals surface area contributed by atoms with E-state index in [1.165, 1.54) is 0 Å². The lowest BCUT2D eigenvalue weighted by molar-refractivity contribution is 0.0704. The minimum Gasteiger partial charge on any atom is -0.377 e. The van der Waals surface area contributed by atoms with E-state index in [-0.39, 0.29) is 0 Å². The van der Waals surface area contributed by atoms with Gasteiger partial charge in [0.05, 0.1) is 0 Å². The Balaban J connectivity index is -0.000000185. The zero-order valence-electron chi connectivity index (χ0n) is 49.7. The highest BCUT2D eigenvalue weighted by Crippen LogP contribution is 2.21. The summed E-state index contributed by atoms with van der Waals surface area (Å²) in [6.45, 7) is 27.8. The predicted octanol–water partition coefficient (Wildman–Crippen LogP) is 11.4. The Morgan fingerprint density at radius 1 is 0.260 bits per heavy atom. The second-order valence-electron chi connectivity index (χ2n) is 14.6. The fourth-order valence-corrected chi connectivity index (χ4v) is 21.1. The first kappa shape index (κ1) is 86.1. The van der Waals surface area contributed by atoms with Gasteiger partial charge in [-0.2, -0.15) is 25.3 Å². The quantitative estimate of drug-likeness (QED) is 0.0336. The van der Waals surface area contributed by atoms with Crippen LogP contribution in [0.2, 0.25) is 36.3 Å². The molecule has 0 aromatic heterocycles. The summed E-state index contributed by atoms with van der Waals surface area (Å²) in [6.07, 6.45) is 5.77. The van der Waals surface area contributed by atoms with Gasteiger partial charge < -0.3 is 79.7 Å². The first-order valence-corrected chi connectivity index (χ1v) is 39.9. The largest absolute Gasteiger partial charge is 0.500 e. The molecule has 0 aliphatic carbocycles. The molecule has 0 aliphatic rings. The number of hydrogen-bond donors (Lipinski definition) is 2. The summed E-state index contributed by atoms with van der Waals surface area (Å²) >= 11 is 19.5. The highest BCUT2D eigenvalue weighted by molar-refractivity contribution is 7.80. The predicted molar refractivity (Wildman–Crippen MR) is 319 cm³/mol. The molecule has 73 heavy (non-hydrogen) atoms. The number of halogens is 2. The summed E-state index contributed by atoms with van der Waals surface area (Å²) in [6, 6.07) is 5.09. The van der Waals surface area contributed by atoms with Crippen molar-refractivity contribution in [3.8, 4) is 0 Å². The van der Waals surface area contributed by atoms with E-state index in [0.29, 0.717) is 71.2 Å². The molecule has 0 spiro atoms. The maximum absolute atomic E-state index is 5.67. The van der Waals surface area contributed by atoms with Gasteiger partial charge in [0.25, 0.3) is 0 Å². The molecule has 0 radical (unpaired) electrons. The van der Waals surface area contributed by atoms with E-state index in [0.717, 1.165) is 86.3 Å². The van der Waals surface area contributed by atoms with Crippen LogP contribution >= 0.6 is 48.5 Å². The van der Waals surface area contributed by atoms with Crippen molar-refractivity contribution in [2.45, 2.75) is 151 Å². The summed E-state index contributed by atoms with van der Waals surface area (Å²) in [4.78, 5) is 0. The van der Waals surface area contributed by atoms with Crippen molar-refractivity contribution in [2.75, 3.05) is 147 Å². The molecule has 0 bridgehead atoms. The molecule has 28 heteroatoms. The van der Waals surface area contributed by atoms with E-state index in [2.05, 4.69) is 39.1 Å². The molecule has 0 N–H and O–H groups in total. The summed E-state index contributed by atoms with van der Waals surface area (Å²) in [7, 11) is 0.694. The van der Waals surface area contributed by atoms with Gasteiger partial charge in [0.1, 0.15) is 0 Å². The van der Waals surface area contributed by atoms with Crippen LogP contribution in [-0.4, -0.2) is 200 Å². The van der Waals surface area contributed by atoms with E-state index >= 15 is 0 Å². The Morgan fingerprint density at radius 2 is 0.425 bits per heavy atom. The van der Waals surface area contributed by atoms with E-state index in [1.807, 2.05) is 62.3 Å². The summed E-state index contributed by atoms with van der Waals surface area (Å²) < 4.78 is 97.5. The molecule has 0 aromatic rings. The molecule has 0 amide bonds. The Labute approximate surface area is 475 Å². The summed E-state index contributed by atoms with van der Waals surface area (Å²) in [5.41, 5.74) is 0. The van der Waals surface area contributed by atoms with E-state index < -0.39 is 52.8 Å². The van der Waals surface area contributed by atoms with Crippen molar-refractivity contribution in [3.05, 3.63) is 0 Å². The van der Waals surface area contributed by atoms with Crippen molar-refractivity contribution in [1.29, 1.82) is 0 Å². The molecule has 0 heterocycles. The first-order chi connectivity index (χ1) is 35.0. The summed E-state index contributed by atoms with van der Waals surface area (Å²) in [5, 5.41) is 0. The molecular weight excluding hydrogens is 1130 g/mol. The highest BCUT2D eigenvalue weighted by Gasteiger charge is 2.42. The van der Waals surface area contributed by atoms with Crippen LogP contribution in [0.3, 0.4) is 0 Å². The van der Waals surface area contributed by atoms with Gasteiger partial charge in [0.2, 0.25) is 0 Å². The molecule has 0 saturated heterocycles. The Morgan fingerprint density at radius 3 is 0.589 bits per heavy atom. The topological polar surface area (TPSA) is 166 Å². The number of rotatable bonds is 43. The van der Waals surface area contributed by atoms with Crippen LogP contribution < -0.4 is 0 Å². The van der Waals surface area contributed by atoms with E-state index in [9.17, 15) is 0 Å². The lowest BCUT2D eigenvalue weighted by Crippen LogP contribution is -2.46. The smallest absolute Gasteiger partial charge is 0.377 e. The minimum atomic E-state index is -2.40. The van der Waals surface area contributed by atoms with E-state index in [1.54, 1.807) is 64.0 Å². The van der Waals surface area contributed by atoms with Gasteiger partial charge in [-0.25, -0.2) is 0 Å². The van der Waals surface area contributed by atoms with Crippen molar-refractivity contribution in [3.63, 3.8) is 0 Å². The van der Waals surface area contributed by atoms with Crippen LogP contribution in [0.4, 0.5) is 0 Å². The molecule has 0 unspecified atom stereocenters. The molecule has 18 nitrogen and oxygen atoms in total. The van der Waals surface area contributed by atoms with Crippen LogP contribution in [0.25, 0.3) is 0 Å². The minimum absolute atomic E-state index is 0.616. The van der Waals surface area contributed by atoms with Crippen molar-refractivity contribution < 1.29 is 79.7 Å². The fraction of sp³-hybridized carbons (Fsp3) is 1.00. The van der Waals surface area contributed by atoms with Crippen LogP contribution in [0.1, 0.15) is 115 Å². The fourth-order valence-electron chi connectivity index (χ4n) is 6.44. The van der Waals surface area contributed by atoms with Gasteiger partial charge in [-0.3, -0.25) is 0 Å². The molecule has 0 aromatic carbocycles. The second-order valence-corrected chi connectivity index (χ2v) is 33.7. The van der Waals surface area contributed by atoms with Crippen LogP contribution in [0.15, 0.2) is 0 Å². The van der Waals surface area contributed by atoms with Gasteiger partial charge in [-0.15, -0.1) is 23.2 Å². The van der Waals surface area contributed by atoms with Crippen molar-refractivity contribution in [2.24, 2.45) is 0 Å².